The molecule has 1 aromatic rings. The first-order valence-corrected chi connectivity index (χ1v) is 4.63. The van der Waals surface area contributed by atoms with Gasteiger partial charge in [-0.3, -0.25) is 4.79 Å². The fraction of sp³-hybridized carbons (Fsp3) is 0.273. The van der Waals surface area contributed by atoms with Gasteiger partial charge in [0.05, 0.1) is 5.56 Å². The van der Waals surface area contributed by atoms with Crippen LogP contribution in [-0.2, 0) is 11.2 Å². The second-order valence-corrected chi connectivity index (χ2v) is 3.25. The molecule has 0 fully saturated rings. The maximum Gasteiger partial charge on any atom is 0.335 e. The first kappa shape index (κ1) is 11.2. The third-order valence-corrected chi connectivity index (χ3v) is 2.03. The molecule has 1 rings (SSSR count). The monoisotopic (exact) mass is 208 g/mol. The highest BCUT2D eigenvalue weighted by Crippen LogP contribution is 2.08. The Kier molecular flexibility index (Phi) is 3.85. The molecule has 0 heterocycles. The fourth-order valence-corrected chi connectivity index (χ4v) is 1.30. The summed E-state index contributed by atoms with van der Waals surface area (Å²) in [6.45, 7) is 0. The minimum Gasteiger partial charge on any atom is -0.481 e. The van der Waals surface area contributed by atoms with Crippen molar-refractivity contribution >= 4 is 11.9 Å². The topological polar surface area (TPSA) is 74.6 Å². The van der Waals surface area contributed by atoms with Gasteiger partial charge in [-0.15, -0.1) is 0 Å². The summed E-state index contributed by atoms with van der Waals surface area (Å²) >= 11 is 0. The number of carbonyl (C=O) groups is 2. The lowest BCUT2D eigenvalue weighted by Gasteiger charge is -2.01. The lowest BCUT2D eigenvalue weighted by atomic mass is 10.1. The van der Waals surface area contributed by atoms with Crippen LogP contribution in [0.15, 0.2) is 24.3 Å². The summed E-state index contributed by atoms with van der Waals surface area (Å²) in [5.74, 6) is -1.79. The largest absolute Gasteiger partial charge is 0.481 e. The minimum atomic E-state index is -0.963. The first-order chi connectivity index (χ1) is 7.09. The molecule has 0 aromatic heterocycles. The van der Waals surface area contributed by atoms with Gasteiger partial charge in [0, 0.05) is 6.42 Å². The van der Waals surface area contributed by atoms with E-state index in [1.807, 2.05) is 0 Å². The van der Waals surface area contributed by atoms with Crippen LogP contribution < -0.4 is 0 Å². The zero-order valence-corrected chi connectivity index (χ0v) is 8.14. The average Bonchev–Trinajstić information content (AvgIpc) is 2.17. The van der Waals surface area contributed by atoms with Gasteiger partial charge in [-0.05, 0) is 30.5 Å². The Morgan fingerprint density at radius 2 is 1.93 bits per heavy atom. The summed E-state index contributed by atoms with van der Waals surface area (Å²) in [6, 6.07) is 6.56. The quantitative estimate of drug-likeness (QED) is 0.773. The van der Waals surface area contributed by atoms with E-state index in [0.29, 0.717) is 12.8 Å². The number of aryl methyl sites for hydroxylation is 1. The van der Waals surface area contributed by atoms with Crippen LogP contribution >= 0.6 is 0 Å². The fourth-order valence-electron chi connectivity index (χ4n) is 1.30. The highest BCUT2D eigenvalue weighted by molar-refractivity contribution is 5.87. The maximum atomic E-state index is 10.6. The molecule has 2 N–H and O–H groups in total. The van der Waals surface area contributed by atoms with Gasteiger partial charge in [-0.2, -0.15) is 0 Å². The molecule has 0 atom stereocenters. The van der Waals surface area contributed by atoms with Gasteiger partial charge in [-0.25, -0.2) is 4.79 Å². The van der Waals surface area contributed by atoms with E-state index in [-0.39, 0.29) is 12.0 Å². The SMILES string of the molecule is O=C(O)CCCc1cccc(C(=O)O)c1. The Labute approximate surface area is 87.2 Å². The van der Waals surface area contributed by atoms with Crippen molar-refractivity contribution in [3.8, 4) is 0 Å². The molecule has 1 aromatic carbocycles. The Hall–Kier alpha value is -1.84. The molecule has 4 nitrogen and oxygen atoms in total. The summed E-state index contributed by atoms with van der Waals surface area (Å²) in [5.41, 5.74) is 1.10. The molecule has 0 spiro atoms. The highest BCUT2D eigenvalue weighted by atomic mass is 16.4. The van der Waals surface area contributed by atoms with E-state index in [0.717, 1.165) is 5.56 Å². The number of benzene rings is 1. The number of aliphatic carboxylic acids is 1. The van der Waals surface area contributed by atoms with E-state index in [1.54, 1.807) is 18.2 Å². The molecule has 0 bridgehead atoms. The molecule has 0 aliphatic rings. The van der Waals surface area contributed by atoms with Crippen molar-refractivity contribution in [2.24, 2.45) is 0 Å². The van der Waals surface area contributed by atoms with Gasteiger partial charge in [0.15, 0.2) is 0 Å². The minimum absolute atomic E-state index is 0.108. The Balaban J connectivity index is 2.58. The number of aromatic carboxylic acids is 1. The Morgan fingerprint density at radius 3 is 2.53 bits per heavy atom. The van der Waals surface area contributed by atoms with Crippen LogP contribution in [0.3, 0.4) is 0 Å². The number of carboxylic acid groups (broad SMARTS) is 2. The average molecular weight is 208 g/mol. The van der Waals surface area contributed by atoms with Crippen LogP contribution in [0.5, 0.6) is 0 Å². The summed E-state index contributed by atoms with van der Waals surface area (Å²) in [4.78, 5) is 20.9. The second-order valence-electron chi connectivity index (χ2n) is 3.25. The van der Waals surface area contributed by atoms with Crippen molar-refractivity contribution in [2.45, 2.75) is 19.3 Å². The third kappa shape index (κ3) is 3.81. The van der Waals surface area contributed by atoms with Crippen molar-refractivity contribution in [1.29, 1.82) is 0 Å². The molecule has 80 valence electrons. The maximum absolute atomic E-state index is 10.6. The summed E-state index contributed by atoms with van der Waals surface area (Å²) in [5, 5.41) is 17.2. The van der Waals surface area contributed by atoms with E-state index in [4.69, 9.17) is 10.2 Å². The van der Waals surface area contributed by atoms with E-state index in [1.165, 1.54) is 6.07 Å². The smallest absolute Gasteiger partial charge is 0.335 e. The Morgan fingerprint density at radius 1 is 1.20 bits per heavy atom. The standard InChI is InChI=1S/C11H12O4/c12-10(13)6-2-4-8-3-1-5-9(7-8)11(14)15/h1,3,5,7H,2,4,6H2,(H,12,13)(H,14,15). The molecule has 0 saturated heterocycles. The summed E-state index contributed by atoms with van der Waals surface area (Å²) < 4.78 is 0. The Bertz CT molecular complexity index is 371. The molecule has 0 aliphatic heterocycles. The van der Waals surface area contributed by atoms with Crippen LogP contribution in [0.25, 0.3) is 0 Å². The molecular formula is C11H12O4. The number of carboxylic acids is 2. The van der Waals surface area contributed by atoms with Gasteiger partial charge < -0.3 is 10.2 Å². The van der Waals surface area contributed by atoms with Gasteiger partial charge in [0.2, 0.25) is 0 Å². The van der Waals surface area contributed by atoms with Crippen LogP contribution in [0, 0.1) is 0 Å². The second kappa shape index (κ2) is 5.14. The van der Waals surface area contributed by atoms with Crippen molar-refractivity contribution in [3.63, 3.8) is 0 Å². The van der Waals surface area contributed by atoms with Crippen molar-refractivity contribution in [2.75, 3.05) is 0 Å². The van der Waals surface area contributed by atoms with E-state index >= 15 is 0 Å². The van der Waals surface area contributed by atoms with Crippen LogP contribution in [0.2, 0.25) is 0 Å². The molecule has 0 unspecified atom stereocenters. The lowest BCUT2D eigenvalue weighted by Crippen LogP contribution is -1.99. The number of hydrogen-bond donors (Lipinski definition) is 2. The third-order valence-electron chi connectivity index (χ3n) is 2.03. The summed E-state index contributed by atoms with van der Waals surface area (Å²) in [7, 11) is 0. The molecule has 0 aliphatic carbocycles. The van der Waals surface area contributed by atoms with Gasteiger partial charge in [-0.1, -0.05) is 12.1 Å². The van der Waals surface area contributed by atoms with Gasteiger partial charge in [0.25, 0.3) is 0 Å². The zero-order valence-electron chi connectivity index (χ0n) is 8.14. The number of rotatable bonds is 5. The van der Waals surface area contributed by atoms with Gasteiger partial charge in [0.1, 0.15) is 0 Å². The zero-order chi connectivity index (χ0) is 11.3. The highest BCUT2D eigenvalue weighted by Gasteiger charge is 2.03. The molecule has 0 saturated carbocycles. The molecule has 0 amide bonds. The predicted molar refractivity (Wildman–Crippen MR) is 54.0 cm³/mol. The lowest BCUT2D eigenvalue weighted by molar-refractivity contribution is -0.137. The normalized spacial score (nSPS) is 9.87. The van der Waals surface area contributed by atoms with Crippen molar-refractivity contribution < 1.29 is 19.8 Å². The summed E-state index contributed by atoms with van der Waals surface area (Å²) in [6.07, 6.45) is 1.23. The van der Waals surface area contributed by atoms with Crippen LogP contribution in [0.1, 0.15) is 28.8 Å². The molecule has 4 heteroatoms. The van der Waals surface area contributed by atoms with Crippen molar-refractivity contribution in [3.05, 3.63) is 35.4 Å². The van der Waals surface area contributed by atoms with Crippen molar-refractivity contribution in [1.82, 2.24) is 0 Å². The van der Waals surface area contributed by atoms with E-state index in [2.05, 4.69) is 0 Å². The van der Waals surface area contributed by atoms with E-state index in [9.17, 15) is 9.59 Å². The van der Waals surface area contributed by atoms with E-state index < -0.39 is 11.9 Å². The van der Waals surface area contributed by atoms with Crippen LogP contribution in [0.4, 0.5) is 0 Å². The number of hydrogen-bond acceptors (Lipinski definition) is 2. The first-order valence-electron chi connectivity index (χ1n) is 4.63. The predicted octanol–water partition coefficient (Wildman–Crippen LogP) is 1.79. The molecular weight excluding hydrogens is 196 g/mol. The van der Waals surface area contributed by atoms with Gasteiger partial charge >= 0.3 is 11.9 Å². The van der Waals surface area contributed by atoms with Crippen LogP contribution in [-0.4, -0.2) is 22.2 Å². The molecule has 15 heavy (non-hydrogen) atoms. The molecule has 0 radical (unpaired) electrons.